The van der Waals surface area contributed by atoms with Crippen molar-refractivity contribution < 1.29 is 0 Å². The van der Waals surface area contributed by atoms with Crippen LogP contribution in [0.15, 0.2) is 12.3 Å². The minimum absolute atomic E-state index is 0.508. The molecule has 0 aliphatic carbocycles. The van der Waals surface area contributed by atoms with E-state index in [1.165, 1.54) is 16.8 Å². The number of hydrogen-bond acceptors (Lipinski definition) is 2. The molecule has 0 aliphatic heterocycles. The van der Waals surface area contributed by atoms with Crippen LogP contribution >= 0.6 is 0 Å². The van der Waals surface area contributed by atoms with Crippen molar-refractivity contribution in [1.82, 2.24) is 10.3 Å². The lowest BCUT2D eigenvalue weighted by Crippen LogP contribution is -2.23. The predicted octanol–water partition coefficient (Wildman–Crippen LogP) is 3.01. The molecule has 0 radical (unpaired) electrons. The van der Waals surface area contributed by atoms with Crippen LogP contribution in [-0.2, 0) is 6.54 Å². The van der Waals surface area contributed by atoms with Gasteiger partial charge in [0, 0.05) is 18.8 Å². The third kappa shape index (κ3) is 3.31. The highest BCUT2D eigenvalue weighted by atomic mass is 14.9. The quantitative estimate of drug-likeness (QED) is 0.819. The second-order valence-electron chi connectivity index (χ2n) is 4.66. The Bertz CT molecular complexity index is 316. The molecule has 15 heavy (non-hydrogen) atoms. The molecule has 2 heteroatoms. The SMILES string of the molecule is Cc1c(C(C)C)ccnc1CNC(C)C. The zero-order chi connectivity index (χ0) is 11.4. The Morgan fingerprint density at radius 2 is 1.93 bits per heavy atom. The van der Waals surface area contributed by atoms with Crippen LogP contribution in [0, 0.1) is 6.92 Å². The summed E-state index contributed by atoms with van der Waals surface area (Å²) in [6, 6.07) is 2.63. The van der Waals surface area contributed by atoms with Gasteiger partial charge in [0.05, 0.1) is 5.69 Å². The molecule has 0 bridgehead atoms. The number of aromatic nitrogens is 1. The van der Waals surface area contributed by atoms with E-state index >= 15 is 0 Å². The highest BCUT2D eigenvalue weighted by Gasteiger charge is 2.08. The lowest BCUT2D eigenvalue weighted by atomic mass is 9.98. The summed E-state index contributed by atoms with van der Waals surface area (Å²) < 4.78 is 0. The Hall–Kier alpha value is -0.890. The van der Waals surface area contributed by atoms with Gasteiger partial charge in [-0.3, -0.25) is 4.98 Å². The second-order valence-corrected chi connectivity index (χ2v) is 4.66. The summed E-state index contributed by atoms with van der Waals surface area (Å²) in [7, 11) is 0. The maximum atomic E-state index is 4.43. The smallest absolute Gasteiger partial charge is 0.0573 e. The average molecular weight is 206 g/mol. The minimum Gasteiger partial charge on any atom is -0.309 e. The summed E-state index contributed by atoms with van der Waals surface area (Å²) >= 11 is 0. The molecule has 0 unspecified atom stereocenters. The maximum Gasteiger partial charge on any atom is 0.0573 e. The number of nitrogens with one attached hydrogen (secondary N) is 1. The molecule has 0 aromatic carbocycles. The van der Waals surface area contributed by atoms with Crippen LogP contribution in [0.1, 0.15) is 50.4 Å². The summed E-state index contributed by atoms with van der Waals surface area (Å²) in [6.07, 6.45) is 1.92. The van der Waals surface area contributed by atoms with Crippen LogP contribution in [0.2, 0.25) is 0 Å². The van der Waals surface area contributed by atoms with Crippen LogP contribution in [0.25, 0.3) is 0 Å². The van der Waals surface area contributed by atoms with Gasteiger partial charge in [0.2, 0.25) is 0 Å². The van der Waals surface area contributed by atoms with Gasteiger partial charge in [-0.25, -0.2) is 0 Å². The van der Waals surface area contributed by atoms with Crippen molar-refractivity contribution in [2.24, 2.45) is 0 Å². The van der Waals surface area contributed by atoms with Crippen molar-refractivity contribution in [3.63, 3.8) is 0 Å². The van der Waals surface area contributed by atoms with Crippen LogP contribution < -0.4 is 5.32 Å². The van der Waals surface area contributed by atoms with Gasteiger partial charge in [-0.05, 0) is 30.0 Å². The van der Waals surface area contributed by atoms with Gasteiger partial charge in [0.25, 0.3) is 0 Å². The molecule has 2 nitrogen and oxygen atoms in total. The standard InChI is InChI=1S/C13H22N2/c1-9(2)12-6-7-14-13(11(12)5)8-15-10(3)4/h6-7,9-10,15H,8H2,1-5H3. The van der Waals surface area contributed by atoms with Crippen molar-refractivity contribution in [3.05, 3.63) is 29.1 Å². The van der Waals surface area contributed by atoms with Crippen LogP contribution in [0.3, 0.4) is 0 Å². The largest absolute Gasteiger partial charge is 0.309 e. The molecule has 1 aromatic heterocycles. The second kappa shape index (κ2) is 5.26. The van der Waals surface area contributed by atoms with Gasteiger partial charge in [0.15, 0.2) is 0 Å². The zero-order valence-electron chi connectivity index (χ0n) is 10.5. The van der Waals surface area contributed by atoms with Crippen molar-refractivity contribution in [1.29, 1.82) is 0 Å². The zero-order valence-corrected chi connectivity index (χ0v) is 10.5. The average Bonchev–Trinajstić information content (AvgIpc) is 2.15. The van der Waals surface area contributed by atoms with Crippen molar-refractivity contribution in [3.8, 4) is 0 Å². The molecule has 1 heterocycles. The summed E-state index contributed by atoms with van der Waals surface area (Å²) in [5, 5.41) is 3.41. The summed E-state index contributed by atoms with van der Waals surface area (Å²) in [5.74, 6) is 0.575. The Balaban J connectivity index is 2.85. The van der Waals surface area contributed by atoms with Gasteiger partial charge in [0.1, 0.15) is 0 Å². The molecule has 84 valence electrons. The molecular formula is C13H22N2. The summed E-state index contributed by atoms with van der Waals surface area (Å²) in [6.45, 7) is 11.8. The van der Waals surface area contributed by atoms with Gasteiger partial charge in [-0.1, -0.05) is 27.7 Å². The highest BCUT2D eigenvalue weighted by Crippen LogP contribution is 2.20. The van der Waals surface area contributed by atoms with E-state index in [4.69, 9.17) is 0 Å². The maximum absolute atomic E-state index is 4.43. The highest BCUT2D eigenvalue weighted by molar-refractivity contribution is 5.31. The van der Waals surface area contributed by atoms with E-state index in [1.54, 1.807) is 0 Å². The minimum atomic E-state index is 0.508. The van der Waals surface area contributed by atoms with Crippen LogP contribution in [0.4, 0.5) is 0 Å². The van der Waals surface area contributed by atoms with E-state index < -0.39 is 0 Å². The Labute approximate surface area is 93.1 Å². The van der Waals surface area contributed by atoms with Crippen molar-refractivity contribution >= 4 is 0 Å². The number of hydrogen-bond donors (Lipinski definition) is 1. The van der Waals surface area contributed by atoms with Crippen molar-refractivity contribution in [2.75, 3.05) is 0 Å². The lowest BCUT2D eigenvalue weighted by molar-refractivity contribution is 0.578. The molecule has 0 saturated carbocycles. The van der Waals surface area contributed by atoms with Gasteiger partial charge in [-0.2, -0.15) is 0 Å². The fourth-order valence-corrected chi connectivity index (χ4v) is 1.70. The van der Waals surface area contributed by atoms with E-state index in [-0.39, 0.29) is 0 Å². The number of nitrogens with zero attached hydrogens (tertiary/aromatic N) is 1. The fraction of sp³-hybridized carbons (Fsp3) is 0.615. The van der Waals surface area contributed by atoms with Crippen LogP contribution in [0.5, 0.6) is 0 Å². The Morgan fingerprint density at radius 3 is 2.47 bits per heavy atom. The number of rotatable bonds is 4. The molecule has 0 fully saturated rings. The molecule has 0 aliphatic rings. The number of pyridine rings is 1. The normalized spacial score (nSPS) is 11.4. The molecule has 0 amide bonds. The van der Waals surface area contributed by atoms with E-state index in [9.17, 15) is 0 Å². The first-order chi connectivity index (χ1) is 7.02. The van der Waals surface area contributed by atoms with E-state index in [2.05, 4.69) is 51.0 Å². The first-order valence-electron chi connectivity index (χ1n) is 5.70. The van der Waals surface area contributed by atoms with Crippen LogP contribution in [-0.4, -0.2) is 11.0 Å². The molecule has 1 N–H and O–H groups in total. The lowest BCUT2D eigenvalue weighted by Gasteiger charge is -2.14. The molecule has 1 aromatic rings. The Morgan fingerprint density at radius 1 is 1.27 bits per heavy atom. The van der Waals surface area contributed by atoms with Crippen molar-refractivity contribution in [2.45, 2.75) is 53.1 Å². The first-order valence-corrected chi connectivity index (χ1v) is 5.70. The summed E-state index contributed by atoms with van der Waals surface area (Å²) in [5.41, 5.74) is 3.92. The molecule has 0 saturated heterocycles. The first kappa shape index (κ1) is 12.2. The Kier molecular flexibility index (Phi) is 4.28. The van der Waals surface area contributed by atoms with E-state index in [0.29, 0.717) is 12.0 Å². The van der Waals surface area contributed by atoms with E-state index in [0.717, 1.165) is 6.54 Å². The van der Waals surface area contributed by atoms with Gasteiger partial charge in [-0.15, -0.1) is 0 Å². The van der Waals surface area contributed by atoms with Gasteiger partial charge < -0.3 is 5.32 Å². The predicted molar refractivity (Wildman–Crippen MR) is 65.0 cm³/mol. The molecule has 1 rings (SSSR count). The third-order valence-corrected chi connectivity index (χ3v) is 2.65. The topological polar surface area (TPSA) is 24.9 Å². The summed E-state index contributed by atoms with van der Waals surface area (Å²) in [4.78, 5) is 4.43. The van der Waals surface area contributed by atoms with Gasteiger partial charge >= 0.3 is 0 Å². The molecule has 0 spiro atoms. The molecule has 0 atom stereocenters. The van der Waals surface area contributed by atoms with E-state index in [1.807, 2.05) is 6.20 Å². The molecular weight excluding hydrogens is 184 g/mol. The fourth-order valence-electron chi connectivity index (χ4n) is 1.70. The monoisotopic (exact) mass is 206 g/mol. The third-order valence-electron chi connectivity index (χ3n) is 2.65.